The number of aromatic nitrogens is 6. The highest BCUT2D eigenvalue weighted by atomic mass is 16.1. The van der Waals surface area contributed by atoms with E-state index in [-0.39, 0.29) is 11.9 Å². The molecular formula is C14H15N7O. The fourth-order valence-electron chi connectivity index (χ4n) is 2.08. The third-order valence-corrected chi connectivity index (χ3v) is 3.12. The molecule has 0 saturated carbocycles. The van der Waals surface area contributed by atoms with E-state index in [0.717, 1.165) is 5.69 Å². The SMILES string of the molecule is CC(C)n1nccc1NC(=O)c1cccc(-n2cnnn2)c1. The van der Waals surface area contributed by atoms with Crippen LogP contribution in [0.3, 0.4) is 0 Å². The quantitative estimate of drug-likeness (QED) is 0.791. The molecule has 0 radical (unpaired) electrons. The van der Waals surface area contributed by atoms with E-state index in [1.165, 1.54) is 11.0 Å². The molecule has 0 aliphatic heterocycles. The normalized spacial score (nSPS) is 10.9. The second-order valence-electron chi connectivity index (χ2n) is 5.01. The van der Waals surface area contributed by atoms with Crippen LogP contribution in [0, 0.1) is 0 Å². The molecule has 0 unspecified atom stereocenters. The summed E-state index contributed by atoms with van der Waals surface area (Å²) in [5.74, 6) is 0.449. The van der Waals surface area contributed by atoms with Crippen LogP contribution in [0.1, 0.15) is 30.2 Å². The van der Waals surface area contributed by atoms with Crippen molar-refractivity contribution in [2.75, 3.05) is 5.32 Å². The van der Waals surface area contributed by atoms with Gasteiger partial charge in [0.1, 0.15) is 12.1 Å². The lowest BCUT2D eigenvalue weighted by Crippen LogP contribution is -2.17. The first kappa shape index (κ1) is 13.9. The number of carbonyl (C=O) groups excluding carboxylic acids is 1. The van der Waals surface area contributed by atoms with Crippen molar-refractivity contribution in [3.8, 4) is 5.69 Å². The zero-order valence-electron chi connectivity index (χ0n) is 12.2. The number of amides is 1. The minimum Gasteiger partial charge on any atom is -0.307 e. The van der Waals surface area contributed by atoms with Crippen LogP contribution in [0.2, 0.25) is 0 Å². The molecule has 0 aliphatic carbocycles. The molecule has 0 bridgehead atoms. The predicted octanol–water partition coefficient (Wildman–Crippen LogP) is 1.69. The summed E-state index contributed by atoms with van der Waals surface area (Å²) in [6.07, 6.45) is 3.14. The first-order valence-corrected chi connectivity index (χ1v) is 6.83. The van der Waals surface area contributed by atoms with Gasteiger partial charge in [0.05, 0.1) is 11.9 Å². The highest BCUT2D eigenvalue weighted by molar-refractivity contribution is 6.04. The van der Waals surface area contributed by atoms with Crippen LogP contribution in [0.25, 0.3) is 5.69 Å². The van der Waals surface area contributed by atoms with E-state index < -0.39 is 0 Å². The van der Waals surface area contributed by atoms with Crippen molar-refractivity contribution in [1.82, 2.24) is 30.0 Å². The van der Waals surface area contributed by atoms with Gasteiger partial charge in [-0.05, 0) is 42.5 Å². The lowest BCUT2D eigenvalue weighted by molar-refractivity contribution is 0.102. The Hall–Kier alpha value is -3.03. The minimum absolute atomic E-state index is 0.165. The fourth-order valence-corrected chi connectivity index (χ4v) is 2.08. The van der Waals surface area contributed by atoms with Gasteiger partial charge in [-0.25, -0.2) is 9.36 Å². The van der Waals surface area contributed by atoms with Gasteiger partial charge in [-0.15, -0.1) is 5.10 Å². The molecule has 8 nitrogen and oxygen atoms in total. The number of nitrogens with one attached hydrogen (secondary N) is 1. The Bertz CT molecular complexity index is 776. The first-order chi connectivity index (χ1) is 10.6. The van der Waals surface area contributed by atoms with Gasteiger partial charge in [0.15, 0.2) is 0 Å². The van der Waals surface area contributed by atoms with Gasteiger partial charge in [0.25, 0.3) is 5.91 Å². The van der Waals surface area contributed by atoms with Gasteiger partial charge in [0, 0.05) is 17.7 Å². The molecule has 0 saturated heterocycles. The Morgan fingerprint density at radius 1 is 1.27 bits per heavy atom. The van der Waals surface area contributed by atoms with E-state index in [4.69, 9.17) is 0 Å². The van der Waals surface area contributed by atoms with Crippen LogP contribution in [0.5, 0.6) is 0 Å². The zero-order valence-corrected chi connectivity index (χ0v) is 12.2. The molecule has 1 amide bonds. The molecule has 8 heteroatoms. The Balaban J connectivity index is 1.84. The predicted molar refractivity (Wildman–Crippen MR) is 79.7 cm³/mol. The van der Waals surface area contributed by atoms with E-state index in [0.29, 0.717) is 11.4 Å². The van der Waals surface area contributed by atoms with Gasteiger partial charge < -0.3 is 5.32 Å². The number of tetrazole rings is 1. The molecule has 3 aromatic rings. The zero-order chi connectivity index (χ0) is 15.5. The summed E-state index contributed by atoms with van der Waals surface area (Å²) < 4.78 is 3.25. The first-order valence-electron chi connectivity index (χ1n) is 6.83. The molecule has 112 valence electrons. The van der Waals surface area contributed by atoms with Crippen molar-refractivity contribution in [3.63, 3.8) is 0 Å². The molecule has 2 heterocycles. The van der Waals surface area contributed by atoms with Crippen molar-refractivity contribution in [2.24, 2.45) is 0 Å². The summed E-state index contributed by atoms with van der Waals surface area (Å²) in [6.45, 7) is 4.00. The van der Waals surface area contributed by atoms with Gasteiger partial charge in [0.2, 0.25) is 0 Å². The number of hydrogen-bond donors (Lipinski definition) is 1. The smallest absolute Gasteiger partial charge is 0.256 e. The van der Waals surface area contributed by atoms with Crippen LogP contribution >= 0.6 is 0 Å². The van der Waals surface area contributed by atoms with E-state index in [9.17, 15) is 4.79 Å². The second-order valence-corrected chi connectivity index (χ2v) is 5.01. The lowest BCUT2D eigenvalue weighted by atomic mass is 10.2. The molecule has 0 fully saturated rings. The topological polar surface area (TPSA) is 90.5 Å². The lowest BCUT2D eigenvalue weighted by Gasteiger charge is -2.12. The minimum atomic E-state index is -0.211. The second kappa shape index (κ2) is 5.76. The summed E-state index contributed by atoms with van der Waals surface area (Å²) in [4.78, 5) is 12.4. The Labute approximate surface area is 126 Å². The highest BCUT2D eigenvalue weighted by Crippen LogP contribution is 2.15. The van der Waals surface area contributed by atoms with Crippen molar-refractivity contribution in [1.29, 1.82) is 0 Å². The van der Waals surface area contributed by atoms with Crippen LogP contribution in [-0.2, 0) is 0 Å². The van der Waals surface area contributed by atoms with E-state index in [1.807, 2.05) is 19.9 Å². The monoisotopic (exact) mass is 297 g/mol. The van der Waals surface area contributed by atoms with Crippen molar-refractivity contribution in [2.45, 2.75) is 19.9 Å². The van der Waals surface area contributed by atoms with Crippen LogP contribution in [0.15, 0.2) is 42.9 Å². The fraction of sp³-hybridized carbons (Fsp3) is 0.214. The average molecular weight is 297 g/mol. The van der Waals surface area contributed by atoms with E-state index >= 15 is 0 Å². The number of hydrogen-bond acceptors (Lipinski definition) is 5. The van der Waals surface area contributed by atoms with Crippen molar-refractivity contribution in [3.05, 3.63) is 48.4 Å². The summed E-state index contributed by atoms with van der Waals surface area (Å²) in [6, 6.07) is 9.00. The summed E-state index contributed by atoms with van der Waals surface area (Å²) in [5.41, 5.74) is 1.24. The maximum atomic E-state index is 12.4. The Kier molecular flexibility index (Phi) is 3.65. The number of anilines is 1. The van der Waals surface area contributed by atoms with E-state index in [1.54, 1.807) is 35.1 Å². The molecule has 1 aromatic carbocycles. The third kappa shape index (κ3) is 2.71. The van der Waals surface area contributed by atoms with Crippen LogP contribution in [-0.4, -0.2) is 35.9 Å². The number of nitrogens with zero attached hydrogens (tertiary/aromatic N) is 6. The summed E-state index contributed by atoms with van der Waals surface area (Å²) in [7, 11) is 0. The van der Waals surface area contributed by atoms with E-state index in [2.05, 4.69) is 25.9 Å². The number of rotatable bonds is 4. The molecular weight excluding hydrogens is 282 g/mol. The highest BCUT2D eigenvalue weighted by Gasteiger charge is 2.12. The molecule has 1 N–H and O–H groups in total. The van der Waals surface area contributed by atoms with Crippen LogP contribution in [0.4, 0.5) is 5.82 Å². The number of carbonyl (C=O) groups is 1. The molecule has 0 aliphatic rings. The van der Waals surface area contributed by atoms with Crippen LogP contribution < -0.4 is 5.32 Å². The summed E-state index contributed by atoms with van der Waals surface area (Å²) >= 11 is 0. The van der Waals surface area contributed by atoms with Crippen molar-refractivity contribution >= 4 is 11.7 Å². The maximum Gasteiger partial charge on any atom is 0.256 e. The molecule has 0 atom stereocenters. The Morgan fingerprint density at radius 2 is 2.14 bits per heavy atom. The Morgan fingerprint density at radius 3 is 2.86 bits per heavy atom. The third-order valence-electron chi connectivity index (χ3n) is 3.12. The standard InChI is InChI=1S/C14H15N7O/c1-10(2)21-13(6-7-16-21)17-14(22)11-4-3-5-12(8-11)20-9-15-18-19-20/h3-10H,1-2H3,(H,17,22). The van der Waals surface area contributed by atoms with Gasteiger partial charge in [-0.2, -0.15) is 5.10 Å². The molecule has 22 heavy (non-hydrogen) atoms. The average Bonchev–Trinajstić information content (AvgIpc) is 3.18. The molecule has 2 aromatic heterocycles. The molecule has 0 spiro atoms. The molecule has 3 rings (SSSR count). The maximum absolute atomic E-state index is 12.4. The van der Waals surface area contributed by atoms with Gasteiger partial charge >= 0.3 is 0 Å². The van der Waals surface area contributed by atoms with Crippen molar-refractivity contribution < 1.29 is 4.79 Å². The largest absolute Gasteiger partial charge is 0.307 e. The van der Waals surface area contributed by atoms with Gasteiger partial charge in [-0.3, -0.25) is 4.79 Å². The summed E-state index contributed by atoms with van der Waals surface area (Å²) in [5, 5.41) is 18.0. The van der Waals surface area contributed by atoms with Gasteiger partial charge in [-0.1, -0.05) is 6.07 Å². The number of benzene rings is 1.